The van der Waals surface area contributed by atoms with E-state index in [4.69, 9.17) is 0 Å². The predicted octanol–water partition coefficient (Wildman–Crippen LogP) is 3.54. The molecule has 0 aromatic heterocycles. The van der Waals surface area contributed by atoms with Crippen molar-refractivity contribution in [2.45, 2.75) is 66.5 Å². The standard InChI is InChI=1S/C13H26N2/c1-10(14-12(3,4)5)9-11(2)15-13(6,7)8/h9,14H,1-8H3/b10-9+,15-11?. The van der Waals surface area contributed by atoms with Gasteiger partial charge in [-0.05, 0) is 61.5 Å². The van der Waals surface area contributed by atoms with Crippen molar-refractivity contribution in [2.24, 2.45) is 4.99 Å². The molecule has 0 radical (unpaired) electrons. The molecular formula is C13H26N2. The Hall–Kier alpha value is -0.790. The van der Waals surface area contributed by atoms with Crippen molar-refractivity contribution >= 4 is 5.71 Å². The summed E-state index contributed by atoms with van der Waals surface area (Å²) >= 11 is 0. The maximum atomic E-state index is 4.58. The average molecular weight is 210 g/mol. The van der Waals surface area contributed by atoms with E-state index in [1.807, 2.05) is 6.92 Å². The Morgan fingerprint density at radius 1 is 1.00 bits per heavy atom. The first kappa shape index (κ1) is 14.2. The van der Waals surface area contributed by atoms with Crippen LogP contribution in [0, 0.1) is 0 Å². The zero-order valence-corrected chi connectivity index (χ0v) is 11.5. The van der Waals surface area contributed by atoms with Gasteiger partial charge < -0.3 is 5.32 Å². The number of hydrogen-bond acceptors (Lipinski definition) is 2. The Kier molecular flexibility index (Phi) is 4.57. The average Bonchev–Trinajstić information content (AvgIpc) is 1.73. The highest BCUT2D eigenvalue weighted by molar-refractivity contribution is 5.93. The second-order valence-electron chi connectivity index (χ2n) is 6.13. The van der Waals surface area contributed by atoms with Crippen molar-refractivity contribution in [2.75, 3.05) is 0 Å². The second-order valence-corrected chi connectivity index (χ2v) is 6.13. The third kappa shape index (κ3) is 9.51. The number of hydrogen-bond donors (Lipinski definition) is 1. The van der Waals surface area contributed by atoms with Gasteiger partial charge in [0.05, 0.1) is 5.54 Å². The highest BCUT2D eigenvalue weighted by Gasteiger charge is 2.09. The van der Waals surface area contributed by atoms with Crippen molar-refractivity contribution in [3.63, 3.8) is 0 Å². The van der Waals surface area contributed by atoms with Crippen molar-refractivity contribution in [3.8, 4) is 0 Å². The highest BCUT2D eigenvalue weighted by atomic mass is 15.0. The molecule has 0 atom stereocenters. The normalized spacial score (nSPS) is 15.5. The Morgan fingerprint density at radius 2 is 1.47 bits per heavy atom. The minimum Gasteiger partial charge on any atom is -0.384 e. The molecule has 0 unspecified atom stereocenters. The van der Waals surface area contributed by atoms with Crippen LogP contribution in [0.5, 0.6) is 0 Å². The summed E-state index contributed by atoms with van der Waals surface area (Å²) in [7, 11) is 0. The summed E-state index contributed by atoms with van der Waals surface area (Å²) < 4.78 is 0. The molecule has 88 valence electrons. The molecule has 2 nitrogen and oxygen atoms in total. The predicted molar refractivity (Wildman–Crippen MR) is 69.5 cm³/mol. The number of nitrogens with zero attached hydrogens (tertiary/aromatic N) is 1. The topological polar surface area (TPSA) is 24.4 Å². The molecule has 0 heterocycles. The van der Waals surface area contributed by atoms with Crippen LogP contribution in [0.25, 0.3) is 0 Å². The highest BCUT2D eigenvalue weighted by Crippen LogP contribution is 2.08. The Balaban J connectivity index is 4.57. The van der Waals surface area contributed by atoms with Crippen LogP contribution in [-0.4, -0.2) is 16.8 Å². The van der Waals surface area contributed by atoms with Crippen LogP contribution >= 0.6 is 0 Å². The minimum absolute atomic E-state index is 0.00258. The maximum Gasteiger partial charge on any atom is 0.0527 e. The summed E-state index contributed by atoms with van der Waals surface area (Å²) in [5.41, 5.74) is 2.34. The molecule has 0 saturated carbocycles. The van der Waals surface area contributed by atoms with Gasteiger partial charge in [-0.25, -0.2) is 0 Å². The SMILES string of the molecule is CC(/C=C(\C)NC(C)(C)C)=NC(C)(C)C. The van der Waals surface area contributed by atoms with Crippen molar-refractivity contribution in [1.29, 1.82) is 0 Å². The van der Waals surface area contributed by atoms with E-state index in [0.29, 0.717) is 0 Å². The summed E-state index contributed by atoms with van der Waals surface area (Å²) in [4.78, 5) is 4.58. The van der Waals surface area contributed by atoms with Crippen LogP contribution in [0.4, 0.5) is 0 Å². The number of aliphatic imine (C=N–C) groups is 1. The number of rotatable bonds is 2. The Bertz CT molecular complexity index is 259. The lowest BCUT2D eigenvalue weighted by molar-refractivity contribution is 0.474. The molecule has 0 aromatic carbocycles. The maximum absolute atomic E-state index is 4.58. The lowest BCUT2D eigenvalue weighted by Gasteiger charge is -2.22. The molecule has 0 rings (SSSR count). The van der Waals surface area contributed by atoms with Crippen LogP contribution in [0.2, 0.25) is 0 Å². The first-order valence-electron chi connectivity index (χ1n) is 5.52. The number of allylic oxidation sites excluding steroid dienone is 2. The molecule has 0 amide bonds. The molecule has 0 aliphatic carbocycles. The molecule has 0 saturated heterocycles. The molecule has 1 N–H and O–H groups in total. The molecule has 0 bridgehead atoms. The van der Waals surface area contributed by atoms with Crippen LogP contribution in [0.3, 0.4) is 0 Å². The molecule has 0 aromatic rings. The van der Waals surface area contributed by atoms with Gasteiger partial charge in [-0.2, -0.15) is 0 Å². The van der Waals surface area contributed by atoms with Crippen molar-refractivity contribution < 1.29 is 0 Å². The first-order chi connectivity index (χ1) is 6.49. The van der Waals surface area contributed by atoms with E-state index in [-0.39, 0.29) is 11.1 Å². The lowest BCUT2D eigenvalue weighted by Crippen LogP contribution is -2.34. The Labute approximate surface area is 94.9 Å². The summed E-state index contributed by atoms with van der Waals surface area (Å²) in [6, 6.07) is 0. The van der Waals surface area contributed by atoms with Gasteiger partial charge in [0.1, 0.15) is 0 Å². The van der Waals surface area contributed by atoms with Gasteiger partial charge in [-0.1, -0.05) is 0 Å². The van der Waals surface area contributed by atoms with E-state index in [1.54, 1.807) is 0 Å². The van der Waals surface area contributed by atoms with E-state index >= 15 is 0 Å². The van der Waals surface area contributed by atoms with Crippen LogP contribution < -0.4 is 5.32 Å². The summed E-state index contributed by atoms with van der Waals surface area (Å²) in [6.45, 7) is 16.9. The van der Waals surface area contributed by atoms with E-state index in [0.717, 1.165) is 11.4 Å². The van der Waals surface area contributed by atoms with Gasteiger partial charge >= 0.3 is 0 Å². The third-order valence-electron chi connectivity index (χ3n) is 1.51. The third-order valence-corrected chi connectivity index (χ3v) is 1.51. The van der Waals surface area contributed by atoms with Crippen LogP contribution in [0.1, 0.15) is 55.4 Å². The summed E-state index contributed by atoms with van der Waals surface area (Å²) in [5, 5.41) is 3.42. The van der Waals surface area contributed by atoms with Gasteiger partial charge in [0, 0.05) is 16.9 Å². The number of nitrogens with one attached hydrogen (secondary N) is 1. The van der Waals surface area contributed by atoms with E-state index in [1.165, 1.54) is 0 Å². The molecule has 0 aliphatic heterocycles. The zero-order chi connectivity index (χ0) is 12.3. The molecule has 0 aliphatic rings. The zero-order valence-electron chi connectivity index (χ0n) is 11.5. The Morgan fingerprint density at radius 3 is 1.80 bits per heavy atom. The van der Waals surface area contributed by atoms with E-state index < -0.39 is 0 Å². The molecule has 0 fully saturated rings. The fourth-order valence-electron chi connectivity index (χ4n) is 1.50. The van der Waals surface area contributed by atoms with E-state index in [9.17, 15) is 0 Å². The fourth-order valence-corrected chi connectivity index (χ4v) is 1.50. The fraction of sp³-hybridized carbons (Fsp3) is 0.769. The largest absolute Gasteiger partial charge is 0.384 e. The van der Waals surface area contributed by atoms with Crippen molar-refractivity contribution in [1.82, 2.24) is 5.32 Å². The molecular weight excluding hydrogens is 184 g/mol. The summed E-state index contributed by atoms with van der Waals surface area (Å²) in [5.74, 6) is 0. The second kappa shape index (κ2) is 4.82. The van der Waals surface area contributed by atoms with Gasteiger partial charge in [0.25, 0.3) is 0 Å². The van der Waals surface area contributed by atoms with Crippen LogP contribution in [0.15, 0.2) is 16.8 Å². The summed E-state index contributed by atoms with van der Waals surface area (Å²) in [6.07, 6.45) is 2.09. The monoisotopic (exact) mass is 210 g/mol. The smallest absolute Gasteiger partial charge is 0.0527 e. The van der Waals surface area contributed by atoms with E-state index in [2.05, 4.69) is 64.9 Å². The van der Waals surface area contributed by atoms with Crippen LogP contribution in [-0.2, 0) is 0 Å². The van der Waals surface area contributed by atoms with Gasteiger partial charge in [0.15, 0.2) is 0 Å². The molecule has 0 spiro atoms. The van der Waals surface area contributed by atoms with Crippen molar-refractivity contribution in [3.05, 3.63) is 11.8 Å². The minimum atomic E-state index is 0.00258. The lowest BCUT2D eigenvalue weighted by atomic mass is 10.1. The van der Waals surface area contributed by atoms with Gasteiger partial charge in [0.2, 0.25) is 0 Å². The first-order valence-corrected chi connectivity index (χ1v) is 5.52. The quantitative estimate of drug-likeness (QED) is 0.693. The van der Waals surface area contributed by atoms with Gasteiger partial charge in [-0.3, -0.25) is 4.99 Å². The molecule has 2 heteroatoms. The van der Waals surface area contributed by atoms with Gasteiger partial charge in [-0.15, -0.1) is 0 Å². The molecule has 15 heavy (non-hydrogen) atoms.